The quantitative estimate of drug-likeness (QED) is 0.229. The van der Waals surface area contributed by atoms with Gasteiger partial charge < -0.3 is 4.74 Å². The fraction of sp³-hybridized carbons (Fsp3) is 0.250. The Morgan fingerprint density at radius 1 is 1.03 bits per heavy atom. The molecule has 192 valence electrons. The van der Waals surface area contributed by atoms with Crippen LogP contribution in [0.4, 0.5) is 5.69 Å². The predicted molar refractivity (Wildman–Crippen MR) is 139 cm³/mol. The van der Waals surface area contributed by atoms with Crippen molar-refractivity contribution in [3.8, 4) is 0 Å². The monoisotopic (exact) mass is 520 g/mol. The SMILES string of the molecule is CCOC(=O)C1=CC[C@@H](c2ccc([N+](=O)[O-])cc2)N(S(=O)(=O)c2ccc(C)cc2)[C@H]1c1ccccc1C. The van der Waals surface area contributed by atoms with E-state index in [1.807, 2.05) is 32.0 Å². The zero-order valence-electron chi connectivity index (χ0n) is 20.8. The van der Waals surface area contributed by atoms with E-state index in [0.29, 0.717) is 11.1 Å². The minimum atomic E-state index is -4.15. The van der Waals surface area contributed by atoms with Crippen LogP contribution >= 0.6 is 0 Å². The number of non-ortho nitro benzene ring substituents is 1. The summed E-state index contributed by atoms with van der Waals surface area (Å²) in [5.74, 6) is -0.581. The number of hydrogen-bond donors (Lipinski definition) is 0. The molecule has 0 saturated carbocycles. The molecule has 0 amide bonds. The lowest BCUT2D eigenvalue weighted by Crippen LogP contribution is -2.43. The summed E-state index contributed by atoms with van der Waals surface area (Å²) < 4.78 is 35.3. The van der Waals surface area contributed by atoms with Crippen LogP contribution in [0.25, 0.3) is 0 Å². The molecule has 0 bridgehead atoms. The van der Waals surface area contributed by atoms with E-state index in [9.17, 15) is 23.3 Å². The standard InChI is InChI=1S/C28H28N2O6S/c1-4-36-28(31)25-17-18-26(21-11-13-22(14-12-21)30(32)33)29(27(25)24-8-6-5-7-20(24)3)37(34,35)23-15-9-19(2)10-16-23/h5-17,26-27H,4,18H2,1-3H3/t26-,27-/m0/s1. The van der Waals surface area contributed by atoms with E-state index >= 15 is 0 Å². The van der Waals surface area contributed by atoms with Crippen molar-refractivity contribution in [3.63, 3.8) is 0 Å². The Kier molecular flexibility index (Phi) is 7.56. The molecular weight excluding hydrogens is 492 g/mol. The van der Waals surface area contributed by atoms with Crippen molar-refractivity contribution in [2.24, 2.45) is 0 Å². The molecule has 8 nitrogen and oxygen atoms in total. The molecule has 9 heteroatoms. The molecule has 0 spiro atoms. The van der Waals surface area contributed by atoms with Gasteiger partial charge in [0.05, 0.1) is 34.1 Å². The van der Waals surface area contributed by atoms with E-state index in [0.717, 1.165) is 11.1 Å². The van der Waals surface area contributed by atoms with E-state index in [1.165, 1.54) is 16.4 Å². The van der Waals surface area contributed by atoms with Crippen molar-refractivity contribution in [1.82, 2.24) is 4.31 Å². The number of esters is 1. The Morgan fingerprint density at radius 2 is 1.68 bits per heavy atom. The first-order valence-electron chi connectivity index (χ1n) is 11.9. The van der Waals surface area contributed by atoms with Crippen molar-refractivity contribution < 1.29 is 22.9 Å². The number of nitro benzene ring substituents is 1. The van der Waals surface area contributed by atoms with Gasteiger partial charge in [0.1, 0.15) is 0 Å². The topological polar surface area (TPSA) is 107 Å². The van der Waals surface area contributed by atoms with Gasteiger partial charge in [-0.3, -0.25) is 10.1 Å². The summed E-state index contributed by atoms with van der Waals surface area (Å²) >= 11 is 0. The first kappa shape index (κ1) is 26.2. The minimum absolute atomic E-state index is 0.0914. The van der Waals surface area contributed by atoms with Gasteiger partial charge in [0.25, 0.3) is 5.69 Å². The molecule has 3 aromatic carbocycles. The molecule has 1 aliphatic heterocycles. The number of carbonyl (C=O) groups is 1. The molecule has 0 aromatic heterocycles. The highest BCUT2D eigenvalue weighted by Gasteiger charge is 2.45. The van der Waals surface area contributed by atoms with Gasteiger partial charge in [-0.2, -0.15) is 4.31 Å². The van der Waals surface area contributed by atoms with Crippen molar-refractivity contribution >= 4 is 21.7 Å². The highest BCUT2D eigenvalue weighted by atomic mass is 32.2. The van der Waals surface area contributed by atoms with Gasteiger partial charge in [0.2, 0.25) is 10.0 Å². The van der Waals surface area contributed by atoms with Crippen molar-refractivity contribution in [2.45, 2.75) is 44.2 Å². The number of sulfonamides is 1. The average molecular weight is 521 g/mol. The van der Waals surface area contributed by atoms with Crippen LogP contribution < -0.4 is 0 Å². The summed E-state index contributed by atoms with van der Waals surface area (Å²) in [4.78, 5) is 23.9. The third kappa shape index (κ3) is 5.19. The molecule has 1 heterocycles. The second kappa shape index (κ2) is 10.7. The molecule has 2 atom stereocenters. The summed E-state index contributed by atoms with van der Waals surface area (Å²) in [7, 11) is -4.15. The second-order valence-electron chi connectivity index (χ2n) is 8.89. The Balaban J connectivity index is 1.97. The van der Waals surface area contributed by atoms with Crippen LogP contribution in [0.3, 0.4) is 0 Å². The maximum absolute atomic E-state index is 14.3. The minimum Gasteiger partial charge on any atom is -0.463 e. The predicted octanol–water partition coefficient (Wildman–Crippen LogP) is 5.58. The van der Waals surface area contributed by atoms with E-state index in [1.54, 1.807) is 55.5 Å². The normalized spacial score (nSPS) is 18.2. The highest BCUT2D eigenvalue weighted by Crippen LogP contribution is 2.46. The molecular formula is C28H28N2O6S. The summed E-state index contributed by atoms with van der Waals surface area (Å²) in [6, 6.07) is 18.1. The van der Waals surface area contributed by atoms with Crippen LogP contribution in [-0.4, -0.2) is 30.2 Å². The molecule has 0 unspecified atom stereocenters. The maximum Gasteiger partial charge on any atom is 0.335 e. The molecule has 0 N–H and O–H groups in total. The van der Waals surface area contributed by atoms with E-state index in [-0.39, 0.29) is 29.2 Å². The van der Waals surface area contributed by atoms with Crippen LogP contribution in [0.5, 0.6) is 0 Å². The Labute approximate surface area is 216 Å². The highest BCUT2D eigenvalue weighted by molar-refractivity contribution is 7.89. The average Bonchev–Trinajstić information content (AvgIpc) is 2.88. The number of benzene rings is 3. The Morgan fingerprint density at radius 3 is 2.27 bits per heavy atom. The van der Waals surface area contributed by atoms with Crippen molar-refractivity contribution in [3.05, 3.63) is 117 Å². The zero-order valence-corrected chi connectivity index (χ0v) is 21.6. The number of ether oxygens (including phenoxy) is 1. The number of nitrogens with zero attached hydrogens (tertiary/aromatic N) is 2. The first-order chi connectivity index (χ1) is 17.6. The van der Waals surface area contributed by atoms with Gasteiger partial charge in [-0.05, 0) is 56.0 Å². The van der Waals surface area contributed by atoms with Crippen LogP contribution in [0.15, 0.2) is 89.3 Å². The van der Waals surface area contributed by atoms with Gasteiger partial charge in [0.15, 0.2) is 0 Å². The number of rotatable bonds is 7. The zero-order chi connectivity index (χ0) is 26.7. The van der Waals surface area contributed by atoms with Gasteiger partial charge >= 0.3 is 5.97 Å². The molecule has 0 saturated heterocycles. The molecule has 0 radical (unpaired) electrons. The van der Waals surface area contributed by atoms with Crippen molar-refractivity contribution in [1.29, 1.82) is 0 Å². The van der Waals surface area contributed by atoms with E-state index in [2.05, 4.69) is 0 Å². The lowest BCUT2D eigenvalue weighted by molar-refractivity contribution is -0.384. The fourth-order valence-corrected chi connectivity index (χ4v) is 6.39. The van der Waals surface area contributed by atoms with Gasteiger partial charge in [-0.1, -0.05) is 60.2 Å². The maximum atomic E-state index is 14.3. The van der Waals surface area contributed by atoms with Crippen LogP contribution in [0.1, 0.15) is 47.7 Å². The molecule has 37 heavy (non-hydrogen) atoms. The molecule has 4 rings (SSSR count). The van der Waals surface area contributed by atoms with E-state index < -0.39 is 33.0 Å². The lowest BCUT2D eigenvalue weighted by Gasteiger charge is -2.41. The van der Waals surface area contributed by atoms with Crippen LogP contribution in [0.2, 0.25) is 0 Å². The van der Waals surface area contributed by atoms with Crippen LogP contribution in [-0.2, 0) is 19.6 Å². The first-order valence-corrected chi connectivity index (χ1v) is 13.4. The van der Waals surface area contributed by atoms with E-state index in [4.69, 9.17) is 4.74 Å². The van der Waals surface area contributed by atoms with Gasteiger partial charge in [0, 0.05) is 12.1 Å². The van der Waals surface area contributed by atoms with Crippen molar-refractivity contribution in [2.75, 3.05) is 6.61 Å². The Hall–Kier alpha value is -3.82. The summed E-state index contributed by atoms with van der Waals surface area (Å²) in [5, 5.41) is 11.2. The number of hydrogen-bond acceptors (Lipinski definition) is 6. The number of carbonyl (C=O) groups excluding carboxylic acids is 1. The third-order valence-corrected chi connectivity index (χ3v) is 8.38. The molecule has 0 fully saturated rings. The summed E-state index contributed by atoms with van der Waals surface area (Å²) in [6.45, 7) is 5.58. The lowest BCUT2D eigenvalue weighted by atomic mass is 9.87. The van der Waals surface area contributed by atoms with Crippen LogP contribution in [0, 0.1) is 24.0 Å². The Bertz CT molecular complexity index is 1450. The number of nitro groups is 1. The summed E-state index contributed by atoms with van der Waals surface area (Å²) in [5.41, 5.74) is 3.11. The third-order valence-electron chi connectivity index (χ3n) is 6.50. The fourth-order valence-electron chi connectivity index (χ4n) is 4.62. The largest absolute Gasteiger partial charge is 0.463 e. The molecule has 0 aliphatic carbocycles. The van der Waals surface area contributed by atoms with Gasteiger partial charge in [-0.15, -0.1) is 0 Å². The number of aryl methyl sites for hydroxylation is 2. The molecule has 3 aromatic rings. The molecule has 1 aliphatic rings. The second-order valence-corrected chi connectivity index (χ2v) is 10.7. The smallest absolute Gasteiger partial charge is 0.335 e. The summed E-state index contributed by atoms with van der Waals surface area (Å²) in [6.07, 6.45) is 1.92. The van der Waals surface area contributed by atoms with Gasteiger partial charge in [-0.25, -0.2) is 13.2 Å².